The van der Waals surface area contributed by atoms with Crippen LogP contribution in [0.1, 0.15) is 30.0 Å². The third kappa shape index (κ3) is 5.92. The molecule has 1 aromatic carbocycles. The quantitative estimate of drug-likeness (QED) is 0.250. The Morgan fingerprint density at radius 3 is 2.67 bits per heavy atom. The molecule has 1 aliphatic rings. The fourth-order valence-corrected chi connectivity index (χ4v) is 4.84. The number of pyridine rings is 2. The van der Waals surface area contributed by atoms with E-state index in [9.17, 15) is 4.79 Å². The molecule has 2 atom stereocenters. The highest BCUT2D eigenvalue weighted by Gasteiger charge is 2.23. The average Bonchev–Trinajstić information content (AvgIpc) is 3.58. The van der Waals surface area contributed by atoms with E-state index in [-0.39, 0.29) is 24.6 Å². The van der Waals surface area contributed by atoms with Crippen LogP contribution in [0.25, 0.3) is 33.1 Å². The van der Waals surface area contributed by atoms with Gasteiger partial charge in [0.05, 0.1) is 41.5 Å². The van der Waals surface area contributed by atoms with Crippen LogP contribution in [0.5, 0.6) is 0 Å². The summed E-state index contributed by atoms with van der Waals surface area (Å²) in [6, 6.07) is 11.5. The molecule has 12 nitrogen and oxygen atoms in total. The largest absolute Gasteiger partial charge is 0.483 e. The van der Waals surface area contributed by atoms with E-state index in [0.29, 0.717) is 17.9 Å². The molecule has 0 spiro atoms. The Kier molecular flexibility index (Phi) is 7.57. The summed E-state index contributed by atoms with van der Waals surface area (Å²) >= 11 is 0. The number of nitrogens with zero attached hydrogens (tertiary/aromatic N) is 5. The minimum absolute atomic E-state index is 0.175. The van der Waals surface area contributed by atoms with Gasteiger partial charge in [0.1, 0.15) is 5.69 Å². The summed E-state index contributed by atoms with van der Waals surface area (Å²) in [5.74, 6) is -0.274. The summed E-state index contributed by atoms with van der Waals surface area (Å²) in [5.41, 5.74) is 5.21. The lowest BCUT2D eigenvalue weighted by molar-refractivity contribution is -0.122. The number of fused-ring (bicyclic) bond motifs is 2. The number of anilines is 1. The Balaban J connectivity index is 0.000000983. The summed E-state index contributed by atoms with van der Waals surface area (Å²) in [4.78, 5) is 33.0. The number of ether oxygens (including phenoxy) is 1. The molecule has 1 aliphatic heterocycles. The van der Waals surface area contributed by atoms with Crippen molar-refractivity contribution in [3.63, 3.8) is 0 Å². The number of H-pyrrole nitrogens is 2. The molecule has 1 amide bonds. The second kappa shape index (κ2) is 11.4. The van der Waals surface area contributed by atoms with Crippen molar-refractivity contribution in [1.82, 2.24) is 35.3 Å². The molecule has 4 N–H and O–H groups in total. The van der Waals surface area contributed by atoms with Gasteiger partial charge in [0, 0.05) is 42.2 Å². The smallest absolute Gasteiger partial charge is 0.290 e. The normalized spacial score (nSPS) is 17.5. The zero-order valence-electron chi connectivity index (χ0n) is 21.5. The molecule has 0 saturated carbocycles. The number of morpholine rings is 1. The van der Waals surface area contributed by atoms with Gasteiger partial charge in [0.15, 0.2) is 5.65 Å². The van der Waals surface area contributed by atoms with Crippen LogP contribution < -0.4 is 5.32 Å². The second-order valence-electron chi connectivity index (χ2n) is 9.41. The molecule has 4 aromatic heterocycles. The van der Waals surface area contributed by atoms with Crippen LogP contribution in [0.2, 0.25) is 0 Å². The molecule has 5 heterocycles. The summed E-state index contributed by atoms with van der Waals surface area (Å²) in [6.07, 6.45) is 5.57. The van der Waals surface area contributed by atoms with E-state index in [1.54, 1.807) is 24.7 Å². The van der Waals surface area contributed by atoms with Gasteiger partial charge >= 0.3 is 0 Å². The minimum Gasteiger partial charge on any atom is -0.483 e. The molecular formula is C27H28N8O4. The Morgan fingerprint density at radius 1 is 1.10 bits per heavy atom. The maximum absolute atomic E-state index is 13.3. The Hall–Kier alpha value is -4.68. The van der Waals surface area contributed by atoms with Crippen molar-refractivity contribution in [2.45, 2.75) is 32.6 Å². The molecule has 6 rings (SSSR count). The summed E-state index contributed by atoms with van der Waals surface area (Å²) in [7, 11) is 0. The Labute approximate surface area is 223 Å². The number of carboxylic acid groups (broad SMARTS) is 1. The third-order valence-corrected chi connectivity index (χ3v) is 6.35. The second-order valence-corrected chi connectivity index (χ2v) is 9.41. The van der Waals surface area contributed by atoms with Crippen LogP contribution in [-0.4, -0.2) is 78.0 Å². The van der Waals surface area contributed by atoms with Crippen molar-refractivity contribution in [2.24, 2.45) is 0 Å². The highest BCUT2D eigenvalue weighted by molar-refractivity contribution is 6.08. The molecule has 0 aliphatic carbocycles. The van der Waals surface area contributed by atoms with Gasteiger partial charge in [0.2, 0.25) is 0 Å². The van der Waals surface area contributed by atoms with Crippen LogP contribution >= 0.6 is 0 Å². The van der Waals surface area contributed by atoms with Gasteiger partial charge in [-0.1, -0.05) is 6.07 Å². The average molecular weight is 529 g/mol. The lowest BCUT2D eigenvalue weighted by Gasteiger charge is -2.35. The summed E-state index contributed by atoms with van der Waals surface area (Å²) in [6.45, 7) is 6.26. The van der Waals surface area contributed by atoms with E-state index in [0.717, 1.165) is 51.8 Å². The molecule has 5 aromatic rings. The monoisotopic (exact) mass is 528 g/mol. The first-order chi connectivity index (χ1) is 18.9. The fraction of sp³-hybridized carbons (Fsp3) is 0.259. The SMILES string of the molecule is C[C@@H]1CN(Cc2cccc(C(=O)Nc3cc(-c4cnc5[nH]ncc5c4)cc4[nH]ncc34)n2)C[C@H](C)O1.O=CO. The van der Waals surface area contributed by atoms with Gasteiger partial charge in [-0.3, -0.25) is 24.7 Å². The van der Waals surface area contributed by atoms with Crippen LogP contribution in [0.3, 0.4) is 0 Å². The van der Waals surface area contributed by atoms with Crippen LogP contribution in [0.4, 0.5) is 5.69 Å². The van der Waals surface area contributed by atoms with E-state index in [1.165, 1.54) is 0 Å². The molecule has 0 radical (unpaired) electrons. The Bertz CT molecular complexity index is 1600. The molecule has 0 bridgehead atoms. The first-order valence-corrected chi connectivity index (χ1v) is 12.4. The number of hydrogen-bond acceptors (Lipinski definition) is 8. The molecule has 39 heavy (non-hydrogen) atoms. The van der Waals surface area contributed by atoms with Gasteiger partial charge in [-0.25, -0.2) is 9.97 Å². The number of benzene rings is 1. The van der Waals surface area contributed by atoms with Crippen molar-refractivity contribution in [2.75, 3.05) is 18.4 Å². The van der Waals surface area contributed by atoms with Crippen molar-refractivity contribution < 1.29 is 19.4 Å². The van der Waals surface area contributed by atoms with Gasteiger partial charge in [0.25, 0.3) is 12.4 Å². The number of hydrogen-bond donors (Lipinski definition) is 4. The Morgan fingerprint density at radius 2 is 1.87 bits per heavy atom. The van der Waals surface area contributed by atoms with Gasteiger partial charge in [-0.15, -0.1) is 0 Å². The molecule has 1 fully saturated rings. The number of rotatable bonds is 5. The summed E-state index contributed by atoms with van der Waals surface area (Å²) < 4.78 is 5.83. The first-order valence-electron chi connectivity index (χ1n) is 12.4. The highest BCUT2D eigenvalue weighted by Crippen LogP contribution is 2.31. The van der Waals surface area contributed by atoms with Crippen LogP contribution in [0.15, 0.2) is 55.0 Å². The fourth-order valence-electron chi connectivity index (χ4n) is 4.84. The van der Waals surface area contributed by atoms with E-state index >= 15 is 0 Å². The molecule has 200 valence electrons. The number of carbonyl (C=O) groups excluding carboxylic acids is 1. The van der Waals surface area contributed by atoms with Gasteiger partial charge in [-0.05, 0) is 49.7 Å². The van der Waals surface area contributed by atoms with Gasteiger partial charge in [-0.2, -0.15) is 10.2 Å². The van der Waals surface area contributed by atoms with Crippen LogP contribution in [0, 0.1) is 0 Å². The number of carbonyl (C=O) groups is 2. The topological polar surface area (TPSA) is 162 Å². The number of nitrogens with one attached hydrogen (secondary N) is 3. The van der Waals surface area contributed by atoms with Crippen molar-refractivity contribution in [3.05, 3.63) is 66.4 Å². The lowest BCUT2D eigenvalue weighted by Crippen LogP contribution is -2.45. The van der Waals surface area contributed by atoms with Crippen molar-refractivity contribution in [3.8, 4) is 11.1 Å². The molecule has 0 unspecified atom stereocenters. The predicted octanol–water partition coefficient (Wildman–Crippen LogP) is 3.46. The number of aromatic nitrogens is 6. The lowest BCUT2D eigenvalue weighted by atomic mass is 10.0. The first kappa shape index (κ1) is 25.9. The molecule has 12 heteroatoms. The molecule has 1 saturated heterocycles. The standard InChI is InChI=1S/C26H26N8O2.CH2O2/c1-15-12-34(13-16(2)36-15)14-20-4-3-5-22(30-20)26(35)31-23-7-17(8-24-21(23)11-29-32-24)18-6-19-10-28-33-25(19)27-9-18;2-1-3/h3-11,15-16H,12-14H2,1-2H3,(H,29,32)(H,31,35)(H,27,28,33);1H,(H,2,3)/t15-,16+;. The van der Waals surface area contributed by atoms with E-state index in [4.69, 9.17) is 14.6 Å². The third-order valence-electron chi connectivity index (χ3n) is 6.35. The summed E-state index contributed by atoms with van der Waals surface area (Å²) in [5, 5.41) is 25.7. The van der Waals surface area contributed by atoms with Crippen molar-refractivity contribution >= 4 is 40.0 Å². The highest BCUT2D eigenvalue weighted by atomic mass is 16.5. The van der Waals surface area contributed by atoms with Crippen LogP contribution in [-0.2, 0) is 16.1 Å². The van der Waals surface area contributed by atoms with Crippen molar-refractivity contribution in [1.29, 1.82) is 0 Å². The molecular weight excluding hydrogens is 500 g/mol. The number of aromatic amines is 2. The zero-order valence-corrected chi connectivity index (χ0v) is 21.5. The van der Waals surface area contributed by atoms with E-state index < -0.39 is 0 Å². The van der Waals surface area contributed by atoms with Gasteiger partial charge < -0.3 is 15.2 Å². The number of amides is 1. The van der Waals surface area contributed by atoms with E-state index in [2.05, 4.69) is 54.4 Å². The minimum atomic E-state index is -0.274. The van der Waals surface area contributed by atoms with E-state index in [1.807, 2.05) is 30.3 Å². The maximum atomic E-state index is 13.3. The maximum Gasteiger partial charge on any atom is 0.290 e. The zero-order chi connectivity index (χ0) is 27.4. The predicted molar refractivity (Wildman–Crippen MR) is 145 cm³/mol.